The quantitative estimate of drug-likeness (QED) is 0.814. The van der Waals surface area contributed by atoms with Gasteiger partial charge in [-0.15, -0.1) is 0 Å². The molecular formula is C12H16N8O. The zero-order valence-electron chi connectivity index (χ0n) is 12.1. The number of aryl methyl sites for hydroxylation is 2. The first-order chi connectivity index (χ1) is 10.0. The van der Waals surface area contributed by atoms with Gasteiger partial charge in [0.1, 0.15) is 12.0 Å². The van der Waals surface area contributed by atoms with E-state index in [0.717, 1.165) is 5.69 Å². The van der Waals surface area contributed by atoms with Gasteiger partial charge < -0.3 is 15.5 Å². The van der Waals surface area contributed by atoms with Gasteiger partial charge in [0, 0.05) is 14.1 Å². The van der Waals surface area contributed by atoms with Gasteiger partial charge in [-0.1, -0.05) is 0 Å². The fourth-order valence-electron chi connectivity index (χ4n) is 2.15. The normalized spacial score (nSPS) is 13.9. The third-order valence-corrected chi connectivity index (χ3v) is 3.13. The van der Waals surface area contributed by atoms with Crippen molar-refractivity contribution < 1.29 is 4.79 Å². The molecule has 1 amide bonds. The summed E-state index contributed by atoms with van der Waals surface area (Å²) in [4.78, 5) is 26.3. The average Bonchev–Trinajstić information content (AvgIpc) is 2.83. The Morgan fingerprint density at radius 3 is 2.90 bits per heavy atom. The molecule has 1 aliphatic heterocycles. The Morgan fingerprint density at radius 2 is 2.19 bits per heavy atom. The maximum absolute atomic E-state index is 11.5. The Balaban J connectivity index is 1.82. The SMILES string of the molecule is Cc1nc(NCc2ncn(C)n2)nc2c1NC(=O)CN2C. The summed E-state index contributed by atoms with van der Waals surface area (Å²) in [6, 6.07) is 0. The molecule has 0 saturated carbocycles. The van der Waals surface area contributed by atoms with E-state index in [0.29, 0.717) is 29.8 Å². The third kappa shape index (κ3) is 2.62. The lowest BCUT2D eigenvalue weighted by Gasteiger charge is -2.27. The number of rotatable bonds is 3. The van der Waals surface area contributed by atoms with E-state index in [9.17, 15) is 4.79 Å². The van der Waals surface area contributed by atoms with Crippen LogP contribution < -0.4 is 15.5 Å². The number of hydrogen-bond donors (Lipinski definition) is 2. The summed E-state index contributed by atoms with van der Waals surface area (Å²) in [6.45, 7) is 2.56. The number of likely N-dealkylation sites (N-methyl/N-ethyl adjacent to an activating group) is 1. The standard InChI is InChI=1S/C12H16N8O/c1-7-10-11(19(2)5-9(21)16-10)17-12(15-7)13-4-8-14-6-20(3)18-8/h6H,4-5H2,1-3H3,(H,16,21)(H,13,15,17). The summed E-state index contributed by atoms with van der Waals surface area (Å²) in [5.74, 6) is 1.80. The highest BCUT2D eigenvalue weighted by atomic mass is 16.2. The van der Waals surface area contributed by atoms with Crippen LogP contribution in [-0.4, -0.2) is 44.2 Å². The Labute approximate surface area is 121 Å². The van der Waals surface area contributed by atoms with Gasteiger partial charge in [0.2, 0.25) is 11.9 Å². The molecule has 0 radical (unpaired) electrons. The molecule has 3 heterocycles. The highest BCUT2D eigenvalue weighted by Crippen LogP contribution is 2.29. The number of aromatic nitrogens is 5. The molecule has 0 bridgehead atoms. The Kier molecular flexibility index (Phi) is 3.16. The molecule has 21 heavy (non-hydrogen) atoms. The van der Waals surface area contributed by atoms with Gasteiger partial charge in [-0.3, -0.25) is 9.48 Å². The van der Waals surface area contributed by atoms with Crippen molar-refractivity contribution in [3.63, 3.8) is 0 Å². The summed E-state index contributed by atoms with van der Waals surface area (Å²) in [6.07, 6.45) is 1.64. The molecule has 1 aliphatic rings. The smallest absolute Gasteiger partial charge is 0.244 e. The van der Waals surface area contributed by atoms with E-state index in [1.165, 1.54) is 0 Å². The fraction of sp³-hybridized carbons (Fsp3) is 0.417. The van der Waals surface area contributed by atoms with Gasteiger partial charge in [-0.2, -0.15) is 10.1 Å². The molecule has 0 spiro atoms. The molecule has 0 fully saturated rings. The number of hydrogen-bond acceptors (Lipinski definition) is 7. The van der Waals surface area contributed by atoms with Crippen molar-refractivity contribution in [3.05, 3.63) is 17.8 Å². The summed E-state index contributed by atoms with van der Waals surface area (Å²) in [5, 5.41) is 10.1. The van der Waals surface area contributed by atoms with E-state index in [4.69, 9.17) is 0 Å². The minimum absolute atomic E-state index is 0.0601. The number of nitrogens with one attached hydrogen (secondary N) is 2. The van der Waals surface area contributed by atoms with Gasteiger partial charge in [-0.05, 0) is 6.92 Å². The molecule has 110 valence electrons. The predicted octanol–water partition coefficient (Wildman–Crippen LogP) is -0.0861. The maximum atomic E-state index is 11.5. The van der Waals surface area contributed by atoms with Crippen molar-refractivity contribution in [2.24, 2.45) is 7.05 Å². The third-order valence-electron chi connectivity index (χ3n) is 3.13. The first-order valence-corrected chi connectivity index (χ1v) is 6.51. The first-order valence-electron chi connectivity index (χ1n) is 6.51. The molecule has 0 saturated heterocycles. The highest BCUT2D eigenvalue weighted by molar-refractivity contribution is 6.00. The summed E-state index contributed by atoms with van der Waals surface area (Å²) in [5.41, 5.74) is 1.38. The van der Waals surface area contributed by atoms with E-state index in [1.807, 2.05) is 21.0 Å². The zero-order valence-corrected chi connectivity index (χ0v) is 12.1. The van der Waals surface area contributed by atoms with Crippen LogP contribution in [0.25, 0.3) is 0 Å². The summed E-state index contributed by atoms with van der Waals surface area (Å²) in [7, 11) is 3.64. The summed E-state index contributed by atoms with van der Waals surface area (Å²) >= 11 is 0. The van der Waals surface area contributed by atoms with Gasteiger partial charge in [0.25, 0.3) is 0 Å². The molecule has 9 heteroatoms. The second kappa shape index (κ2) is 5.00. The van der Waals surface area contributed by atoms with Crippen molar-refractivity contribution in [2.75, 3.05) is 29.1 Å². The zero-order chi connectivity index (χ0) is 15.0. The van der Waals surface area contributed by atoms with Crippen LogP contribution in [0.4, 0.5) is 17.5 Å². The lowest BCUT2D eigenvalue weighted by Crippen LogP contribution is -2.36. The van der Waals surface area contributed by atoms with Crippen molar-refractivity contribution in [1.82, 2.24) is 24.7 Å². The lowest BCUT2D eigenvalue weighted by atomic mass is 10.2. The fourth-order valence-corrected chi connectivity index (χ4v) is 2.15. The maximum Gasteiger partial charge on any atom is 0.244 e. The lowest BCUT2D eigenvalue weighted by molar-refractivity contribution is -0.115. The van der Waals surface area contributed by atoms with Crippen LogP contribution in [-0.2, 0) is 18.4 Å². The topological polar surface area (TPSA) is 101 Å². The van der Waals surface area contributed by atoms with Crippen LogP contribution >= 0.6 is 0 Å². The Bertz CT molecular complexity index is 695. The molecule has 0 atom stereocenters. The minimum atomic E-state index is -0.0601. The minimum Gasteiger partial charge on any atom is -0.348 e. The van der Waals surface area contributed by atoms with Crippen LogP contribution in [0.2, 0.25) is 0 Å². The van der Waals surface area contributed by atoms with E-state index in [2.05, 4.69) is 30.7 Å². The van der Waals surface area contributed by atoms with E-state index < -0.39 is 0 Å². The molecule has 9 nitrogen and oxygen atoms in total. The van der Waals surface area contributed by atoms with Gasteiger partial charge in [-0.25, -0.2) is 9.97 Å². The van der Waals surface area contributed by atoms with Crippen LogP contribution in [0, 0.1) is 6.92 Å². The molecule has 2 N–H and O–H groups in total. The molecule has 2 aromatic rings. The Morgan fingerprint density at radius 1 is 1.38 bits per heavy atom. The number of nitrogens with zero attached hydrogens (tertiary/aromatic N) is 6. The largest absolute Gasteiger partial charge is 0.348 e. The van der Waals surface area contributed by atoms with Gasteiger partial charge in [0.15, 0.2) is 11.6 Å². The van der Waals surface area contributed by atoms with Crippen molar-refractivity contribution >= 4 is 23.4 Å². The molecule has 0 aromatic carbocycles. The number of anilines is 3. The van der Waals surface area contributed by atoms with E-state index in [-0.39, 0.29) is 12.5 Å². The molecule has 0 unspecified atom stereocenters. The highest BCUT2D eigenvalue weighted by Gasteiger charge is 2.23. The number of fused-ring (bicyclic) bond motifs is 1. The van der Waals surface area contributed by atoms with Crippen LogP contribution in [0.3, 0.4) is 0 Å². The molecular weight excluding hydrogens is 272 g/mol. The average molecular weight is 288 g/mol. The van der Waals surface area contributed by atoms with Crippen LogP contribution in [0.5, 0.6) is 0 Å². The van der Waals surface area contributed by atoms with Crippen molar-refractivity contribution in [2.45, 2.75) is 13.5 Å². The molecule has 3 rings (SSSR count). The predicted molar refractivity (Wildman–Crippen MR) is 77.0 cm³/mol. The van der Waals surface area contributed by atoms with Crippen LogP contribution in [0.15, 0.2) is 6.33 Å². The molecule has 0 aliphatic carbocycles. The second-order valence-corrected chi connectivity index (χ2v) is 4.92. The summed E-state index contributed by atoms with van der Waals surface area (Å²) < 4.78 is 1.64. The van der Waals surface area contributed by atoms with E-state index in [1.54, 1.807) is 15.9 Å². The van der Waals surface area contributed by atoms with Crippen molar-refractivity contribution in [3.8, 4) is 0 Å². The van der Waals surface area contributed by atoms with Crippen molar-refractivity contribution in [1.29, 1.82) is 0 Å². The van der Waals surface area contributed by atoms with E-state index >= 15 is 0 Å². The molecule has 2 aromatic heterocycles. The number of carbonyl (C=O) groups is 1. The van der Waals surface area contributed by atoms with Gasteiger partial charge in [0.05, 0.1) is 18.8 Å². The van der Waals surface area contributed by atoms with Gasteiger partial charge >= 0.3 is 0 Å². The monoisotopic (exact) mass is 288 g/mol. The number of amides is 1. The Hall–Kier alpha value is -2.71. The second-order valence-electron chi connectivity index (χ2n) is 4.92. The van der Waals surface area contributed by atoms with Crippen LogP contribution in [0.1, 0.15) is 11.5 Å². The number of carbonyl (C=O) groups excluding carboxylic acids is 1. The first kappa shape index (κ1) is 13.3.